The molecule has 0 spiro atoms. The fourth-order valence-corrected chi connectivity index (χ4v) is 7.83. The van der Waals surface area contributed by atoms with Crippen molar-refractivity contribution < 1.29 is 14.4 Å². The number of nitrogens with one attached hydrogen (secondary N) is 4. The Morgan fingerprint density at radius 2 is 1.60 bits per heavy atom. The summed E-state index contributed by atoms with van der Waals surface area (Å²) in [7, 11) is 3.23. The second kappa shape index (κ2) is 12.4. The average molecular weight is 610 g/mol. The molecule has 1 saturated heterocycles. The van der Waals surface area contributed by atoms with Crippen LogP contribution in [-0.2, 0) is 23.1 Å². The van der Waals surface area contributed by atoms with Gasteiger partial charge in [-0.15, -0.1) is 5.10 Å². The highest BCUT2D eigenvalue weighted by molar-refractivity contribution is 5.95. The molecule has 3 aromatic rings. The Bertz CT molecular complexity index is 1570. The summed E-state index contributed by atoms with van der Waals surface area (Å²) in [6.45, 7) is 0.731. The number of carbonyl (C=O) groups excluding carboxylic acids is 3. The van der Waals surface area contributed by atoms with Gasteiger partial charge in [0.25, 0.3) is 11.8 Å². The standard InChI is InChI=1S/C33H39N9O3/c1-35-29(44)23-9-11-26-21(16-23)7-8-22-17-24(30(45)36-2)10-12-27(22)33(26,31-38-40-41-39-31)20-32(13-3-4-14-32)37-19-28(43)42-15-5-6-25(42)18-34/h9-12,16-17,25,37H,3-8,13-15,19-20H2,1-2H3,(H,35,44)(H,36,45)(H,38,39,40,41)/t25-/m0/s1. The minimum absolute atomic E-state index is 0.0622. The lowest BCUT2D eigenvalue weighted by atomic mass is 9.64. The predicted molar refractivity (Wildman–Crippen MR) is 165 cm³/mol. The summed E-state index contributed by atoms with van der Waals surface area (Å²) in [6, 6.07) is 13.5. The monoisotopic (exact) mass is 609 g/mol. The molecule has 3 amide bonds. The van der Waals surface area contributed by atoms with E-state index in [1.807, 2.05) is 36.4 Å². The SMILES string of the molecule is CNC(=O)c1ccc2c(c1)CCc1cc(C(=O)NC)ccc1C2(CC1(NCC(=O)N2CCC[C@H]2C#N)CCCC1)c1nnn[nH]1. The quantitative estimate of drug-likeness (QED) is 0.301. The molecule has 1 aromatic heterocycles. The number of aromatic amines is 1. The van der Waals surface area contributed by atoms with Gasteiger partial charge in [0.2, 0.25) is 5.91 Å². The van der Waals surface area contributed by atoms with Crippen molar-refractivity contribution in [2.45, 2.75) is 74.8 Å². The van der Waals surface area contributed by atoms with E-state index in [9.17, 15) is 19.6 Å². The number of benzene rings is 2. The Morgan fingerprint density at radius 3 is 2.13 bits per heavy atom. The molecule has 1 atom stereocenters. The highest BCUT2D eigenvalue weighted by atomic mass is 16.2. The van der Waals surface area contributed by atoms with Crippen LogP contribution in [0.4, 0.5) is 0 Å². The van der Waals surface area contributed by atoms with Gasteiger partial charge in [-0.3, -0.25) is 14.4 Å². The van der Waals surface area contributed by atoms with Crippen LogP contribution in [-0.4, -0.2) is 82.0 Å². The Kier molecular flexibility index (Phi) is 8.38. The maximum absolute atomic E-state index is 13.4. The molecule has 12 heteroatoms. The lowest BCUT2D eigenvalue weighted by Gasteiger charge is -2.43. The second-order valence-electron chi connectivity index (χ2n) is 12.4. The van der Waals surface area contributed by atoms with Crippen LogP contribution >= 0.6 is 0 Å². The third-order valence-corrected chi connectivity index (χ3v) is 10.0. The molecule has 0 unspecified atom stereocenters. The summed E-state index contributed by atoms with van der Waals surface area (Å²) >= 11 is 0. The number of likely N-dealkylation sites (tertiary alicyclic amines) is 1. The number of tetrazole rings is 1. The van der Waals surface area contributed by atoms with Crippen LogP contribution in [0, 0.1) is 11.3 Å². The van der Waals surface area contributed by atoms with Gasteiger partial charge in [-0.1, -0.05) is 25.0 Å². The number of nitriles is 1. The Hall–Kier alpha value is -4.63. The molecular formula is C33H39N9O3. The summed E-state index contributed by atoms with van der Waals surface area (Å²) in [5.74, 6) is 0.167. The highest BCUT2D eigenvalue weighted by Gasteiger charge is 2.51. The van der Waals surface area contributed by atoms with E-state index in [0.717, 1.165) is 54.4 Å². The molecule has 4 N–H and O–H groups in total. The average Bonchev–Trinajstić information content (AvgIpc) is 3.86. The predicted octanol–water partition coefficient (Wildman–Crippen LogP) is 2.16. The smallest absolute Gasteiger partial charge is 0.251 e. The maximum atomic E-state index is 13.4. The summed E-state index contributed by atoms with van der Waals surface area (Å²) in [6.07, 6.45) is 7.09. The third kappa shape index (κ3) is 5.46. The van der Waals surface area contributed by atoms with Crippen molar-refractivity contribution in [2.24, 2.45) is 0 Å². The van der Waals surface area contributed by atoms with Crippen molar-refractivity contribution in [3.8, 4) is 6.07 Å². The first kappa shape index (κ1) is 30.4. The lowest BCUT2D eigenvalue weighted by Crippen LogP contribution is -2.53. The number of nitrogens with zero attached hydrogens (tertiary/aromatic N) is 5. The van der Waals surface area contributed by atoms with E-state index < -0.39 is 11.0 Å². The summed E-state index contributed by atoms with van der Waals surface area (Å²) in [4.78, 5) is 40.6. The Morgan fingerprint density at radius 1 is 0.978 bits per heavy atom. The molecule has 6 rings (SSSR count). The van der Waals surface area contributed by atoms with Gasteiger partial charge in [-0.2, -0.15) is 5.26 Å². The molecule has 3 aliphatic rings. The minimum Gasteiger partial charge on any atom is -0.355 e. The molecule has 2 fully saturated rings. The first-order valence-corrected chi connectivity index (χ1v) is 15.7. The van der Waals surface area contributed by atoms with Crippen LogP contribution in [0.3, 0.4) is 0 Å². The zero-order chi connectivity index (χ0) is 31.6. The van der Waals surface area contributed by atoms with Crippen LogP contribution in [0.25, 0.3) is 0 Å². The van der Waals surface area contributed by atoms with Gasteiger partial charge < -0.3 is 20.9 Å². The topological polar surface area (TPSA) is 169 Å². The normalized spacial score (nSPS) is 19.6. The van der Waals surface area contributed by atoms with Gasteiger partial charge in [0.1, 0.15) is 6.04 Å². The van der Waals surface area contributed by atoms with Crippen molar-refractivity contribution in [2.75, 3.05) is 27.2 Å². The highest BCUT2D eigenvalue weighted by Crippen LogP contribution is 2.51. The van der Waals surface area contributed by atoms with Gasteiger partial charge >= 0.3 is 0 Å². The van der Waals surface area contributed by atoms with Crippen LogP contribution < -0.4 is 16.0 Å². The van der Waals surface area contributed by atoms with E-state index in [4.69, 9.17) is 0 Å². The number of aryl methyl sites for hydroxylation is 2. The molecule has 2 heterocycles. The molecule has 2 aromatic carbocycles. The van der Waals surface area contributed by atoms with E-state index >= 15 is 0 Å². The molecule has 12 nitrogen and oxygen atoms in total. The number of amides is 3. The number of aromatic nitrogens is 4. The number of rotatable bonds is 8. The van der Waals surface area contributed by atoms with Crippen molar-refractivity contribution in [3.63, 3.8) is 0 Å². The number of fused-ring (bicyclic) bond motifs is 2. The molecule has 45 heavy (non-hydrogen) atoms. The fraction of sp³-hybridized carbons (Fsp3) is 0.485. The molecule has 2 aliphatic carbocycles. The second-order valence-corrected chi connectivity index (χ2v) is 12.4. The first-order valence-electron chi connectivity index (χ1n) is 15.7. The van der Waals surface area contributed by atoms with E-state index in [1.165, 1.54) is 0 Å². The molecule has 1 saturated carbocycles. The van der Waals surface area contributed by atoms with Gasteiger partial charge in [0.05, 0.1) is 18.0 Å². The van der Waals surface area contributed by atoms with Gasteiger partial charge in [-0.25, -0.2) is 5.10 Å². The molecular weight excluding hydrogens is 570 g/mol. The van der Waals surface area contributed by atoms with E-state index in [2.05, 4.69) is 42.6 Å². The van der Waals surface area contributed by atoms with E-state index in [-0.39, 0.29) is 30.3 Å². The van der Waals surface area contributed by atoms with Crippen molar-refractivity contribution >= 4 is 17.7 Å². The number of carbonyl (C=O) groups is 3. The van der Waals surface area contributed by atoms with Crippen molar-refractivity contribution in [1.82, 2.24) is 41.5 Å². The Labute approximate surface area is 262 Å². The summed E-state index contributed by atoms with van der Waals surface area (Å²) in [5.41, 5.74) is 3.79. The fourth-order valence-electron chi connectivity index (χ4n) is 7.83. The molecule has 234 valence electrons. The number of hydrogen-bond donors (Lipinski definition) is 4. The zero-order valence-corrected chi connectivity index (χ0v) is 25.8. The molecule has 1 aliphatic heterocycles. The van der Waals surface area contributed by atoms with Crippen molar-refractivity contribution in [1.29, 1.82) is 5.26 Å². The largest absolute Gasteiger partial charge is 0.355 e. The maximum Gasteiger partial charge on any atom is 0.251 e. The van der Waals surface area contributed by atoms with Gasteiger partial charge in [0, 0.05) is 37.3 Å². The summed E-state index contributed by atoms with van der Waals surface area (Å²) < 4.78 is 0. The molecule has 0 radical (unpaired) electrons. The first-order chi connectivity index (χ1) is 21.8. The zero-order valence-electron chi connectivity index (χ0n) is 25.8. The minimum atomic E-state index is -0.879. The van der Waals surface area contributed by atoms with E-state index in [1.54, 1.807) is 19.0 Å². The number of H-pyrrole nitrogens is 1. The number of hydrogen-bond acceptors (Lipinski definition) is 8. The summed E-state index contributed by atoms with van der Waals surface area (Å²) in [5, 5.41) is 34.4. The Balaban J connectivity index is 1.50. The van der Waals surface area contributed by atoms with Gasteiger partial charge in [-0.05, 0) is 102 Å². The van der Waals surface area contributed by atoms with Crippen LogP contribution in [0.5, 0.6) is 0 Å². The van der Waals surface area contributed by atoms with Crippen molar-refractivity contribution in [3.05, 3.63) is 75.6 Å². The third-order valence-electron chi connectivity index (χ3n) is 10.0. The van der Waals surface area contributed by atoms with Gasteiger partial charge in [0.15, 0.2) is 5.82 Å². The van der Waals surface area contributed by atoms with Crippen LogP contribution in [0.2, 0.25) is 0 Å². The molecule has 0 bridgehead atoms. The lowest BCUT2D eigenvalue weighted by molar-refractivity contribution is -0.130. The van der Waals surface area contributed by atoms with E-state index in [0.29, 0.717) is 49.2 Å². The van der Waals surface area contributed by atoms with Crippen LogP contribution in [0.15, 0.2) is 36.4 Å². The van der Waals surface area contributed by atoms with Crippen LogP contribution in [0.1, 0.15) is 93.7 Å².